The van der Waals surface area contributed by atoms with E-state index in [9.17, 15) is 4.79 Å². The highest BCUT2D eigenvalue weighted by molar-refractivity contribution is 5.84. The summed E-state index contributed by atoms with van der Waals surface area (Å²) in [6.45, 7) is 4.78. The average Bonchev–Trinajstić information content (AvgIpc) is 3.53. The maximum atomic E-state index is 12.1. The van der Waals surface area contributed by atoms with Crippen LogP contribution >= 0.6 is 0 Å². The Kier molecular flexibility index (Phi) is 3.55. The Labute approximate surface area is 184 Å². The van der Waals surface area contributed by atoms with Crippen molar-refractivity contribution in [3.05, 3.63) is 47.4 Å². The summed E-state index contributed by atoms with van der Waals surface area (Å²) in [4.78, 5) is 18.6. The summed E-state index contributed by atoms with van der Waals surface area (Å²) in [6, 6.07) is 6.08. The van der Waals surface area contributed by atoms with Crippen molar-refractivity contribution in [2.75, 3.05) is 19.7 Å². The van der Waals surface area contributed by atoms with E-state index >= 15 is 0 Å². The molecule has 1 saturated carbocycles. The topological polar surface area (TPSA) is 94.4 Å². The Hall–Kier alpha value is -3.20. The van der Waals surface area contributed by atoms with Crippen molar-refractivity contribution in [2.45, 2.75) is 50.0 Å². The lowest BCUT2D eigenvalue weighted by Gasteiger charge is -2.44. The lowest BCUT2D eigenvalue weighted by molar-refractivity contribution is 0.0947. The molecule has 5 aliphatic rings. The Balaban J connectivity index is 1.13. The molecule has 4 fully saturated rings. The number of carbonyl (C=O) groups is 1. The van der Waals surface area contributed by atoms with Gasteiger partial charge in [0.2, 0.25) is 0 Å². The molecule has 1 spiro atoms. The number of benzene rings is 1. The first kappa shape index (κ1) is 18.4. The van der Waals surface area contributed by atoms with Crippen LogP contribution in [0.15, 0.2) is 30.6 Å². The van der Waals surface area contributed by atoms with Gasteiger partial charge in [-0.2, -0.15) is 0 Å². The van der Waals surface area contributed by atoms with Crippen LogP contribution in [0.5, 0.6) is 5.75 Å². The standard InChI is InChI=1S/C23H24N6O3/c1-14(32-16-2-3-19-18(6-16)17-4-5-31-9-15(17)7-24-19)20-8-29(27-26-20)23-10-22(11-23)12-25-21(30)28(22)13-23/h2-3,6-8,14H,4-5,9-13H2,1H3,(H,25,30)/t14-,22?,23?/m1/s1. The molecule has 3 saturated heterocycles. The molecule has 32 heavy (non-hydrogen) atoms. The minimum atomic E-state index is -0.244. The molecule has 164 valence electrons. The van der Waals surface area contributed by atoms with Crippen LogP contribution in [0.25, 0.3) is 10.9 Å². The van der Waals surface area contributed by atoms with Gasteiger partial charge in [-0.05, 0) is 55.5 Å². The summed E-state index contributed by atoms with van der Waals surface area (Å²) >= 11 is 0. The predicted octanol–water partition coefficient (Wildman–Crippen LogP) is 2.31. The molecule has 1 atom stereocenters. The fraction of sp³-hybridized carbons (Fsp3) is 0.478. The van der Waals surface area contributed by atoms with Crippen LogP contribution in [0.2, 0.25) is 0 Å². The number of pyridine rings is 1. The van der Waals surface area contributed by atoms with Gasteiger partial charge in [0.25, 0.3) is 0 Å². The molecule has 4 aliphatic heterocycles. The molecule has 8 rings (SSSR count). The van der Waals surface area contributed by atoms with Gasteiger partial charge in [-0.15, -0.1) is 5.10 Å². The van der Waals surface area contributed by atoms with Crippen LogP contribution in [0.3, 0.4) is 0 Å². The third-order valence-electron chi connectivity index (χ3n) is 7.68. The van der Waals surface area contributed by atoms with E-state index in [-0.39, 0.29) is 23.2 Å². The van der Waals surface area contributed by atoms with E-state index in [1.165, 1.54) is 5.56 Å². The molecule has 6 heterocycles. The minimum Gasteiger partial charge on any atom is -0.484 e. The Morgan fingerprint density at radius 2 is 2.19 bits per heavy atom. The first-order valence-corrected chi connectivity index (χ1v) is 11.2. The average molecular weight is 432 g/mol. The molecule has 2 aromatic heterocycles. The summed E-state index contributed by atoms with van der Waals surface area (Å²) in [5, 5.41) is 12.9. The highest BCUT2D eigenvalue weighted by Gasteiger charge is 2.70. The van der Waals surface area contributed by atoms with Crippen LogP contribution in [-0.2, 0) is 23.3 Å². The third-order valence-corrected chi connectivity index (χ3v) is 7.68. The normalized spacial score (nSPS) is 28.8. The van der Waals surface area contributed by atoms with Gasteiger partial charge in [-0.25, -0.2) is 9.48 Å². The number of nitrogens with one attached hydrogen (secondary N) is 1. The van der Waals surface area contributed by atoms with Gasteiger partial charge in [0, 0.05) is 24.7 Å². The Bertz CT molecular complexity index is 1260. The number of hydrogen-bond donors (Lipinski definition) is 1. The molecule has 1 aromatic carbocycles. The Morgan fingerprint density at radius 3 is 3.06 bits per heavy atom. The summed E-state index contributed by atoms with van der Waals surface area (Å²) in [7, 11) is 0. The number of nitrogens with zero attached hydrogens (tertiary/aromatic N) is 5. The maximum absolute atomic E-state index is 12.1. The number of aromatic nitrogens is 4. The van der Waals surface area contributed by atoms with Crippen LogP contribution in [0.1, 0.15) is 42.7 Å². The monoisotopic (exact) mass is 432 g/mol. The fourth-order valence-corrected chi connectivity index (χ4v) is 6.09. The summed E-state index contributed by atoms with van der Waals surface area (Å²) in [5.74, 6) is 0.792. The van der Waals surface area contributed by atoms with Gasteiger partial charge in [-0.1, -0.05) is 5.21 Å². The number of amides is 2. The van der Waals surface area contributed by atoms with Crippen LogP contribution in [-0.4, -0.2) is 56.1 Å². The molecule has 2 bridgehead atoms. The number of hydrogen-bond acceptors (Lipinski definition) is 6. The third kappa shape index (κ3) is 2.42. The second kappa shape index (κ2) is 6.19. The fourth-order valence-electron chi connectivity index (χ4n) is 6.09. The lowest BCUT2D eigenvalue weighted by Crippen LogP contribution is -2.54. The SMILES string of the molecule is C[C@@H](Oc1ccc2ncc3c(c2c1)CCOC3)c1cn(C23CN4C(=O)NCC4(C2)C3)nn1. The van der Waals surface area contributed by atoms with E-state index < -0.39 is 0 Å². The minimum absolute atomic E-state index is 0.0192. The number of fused-ring (bicyclic) bond motifs is 3. The van der Waals surface area contributed by atoms with Crippen molar-refractivity contribution >= 4 is 16.9 Å². The van der Waals surface area contributed by atoms with Gasteiger partial charge in [0.05, 0.1) is 36.0 Å². The maximum Gasteiger partial charge on any atom is 0.318 e. The van der Waals surface area contributed by atoms with Crippen molar-refractivity contribution in [3.63, 3.8) is 0 Å². The lowest BCUT2D eigenvalue weighted by atomic mass is 9.68. The summed E-state index contributed by atoms with van der Waals surface area (Å²) in [6.07, 6.45) is 6.42. The van der Waals surface area contributed by atoms with E-state index in [0.29, 0.717) is 13.2 Å². The highest BCUT2D eigenvalue weighted by Crippen LogP contribution is 2.58. The molecule has 0 radical (unpaired) electrons. The number of ether oxygens (including phenoxy) is 2. The van der Waals surface area contributed by atoms with E-state index in [1.54, 1.807) is 0 Å². The van der Waals surface area contributed by atoms with Crippen molar-refractivity contribution in [2.24, 2.45) is 0 Å². The second-order valence-corrected chi connectivity index (χ2v) is 9.64. The molecule has 0 unspecified atom stereocenters. The zero-order valence-electron chi connectivity index (χ0n) is 17.9. The second-order valence-electron chi connectivity index (χ2n) is 9.64. The van der Waals surface area contributed by atoms with Crippen molar-refractivity contribution < 1.29 is 14.3 Å². The quantitative estimate of drug-likeness (QED) is 0.680. The van der Waals surface area contributed by atoms with Gasteiger partial charge >= 0.3 is 6.03 Å². The van der Waals surface area contributed by atoms with E-state index in [2.05, 4.69) is 26.7 Å². The largest absolute Gasteiger partial charge is 0.484 e. The van der Waals surface area contributed by atoms with E-state index in [4.69, 9.17) is 9.47 Å². The zero-order chi connectivity index (χ0) is 21.5. The molecule has 3 aromatic rings. The Morgan fingerprint density at radius 1 is 1.28 bits per heavy atom. The molecule has 9 nitrogen and oxygen atoms in total. The predicted molar refractivity (Wildman–Crippen MR) is 114 cm³/mol. The van der Waals surface area contributed by atoms with Gasteiger partial charge in [-0.3, -0.25) is 4.98 Å². The smallest absolute Gasteiger partial charge is 0.318 e. The molecule has 1 aliphatic carbocycles. The summed E-state index contributed by atoms with van der Waals surface area (Å²) < 4.78 is 13.8. The zero-order valence-corrected chi connectivity index (χ0v) is 17.9. The number of carbonyl (C=O) groups excluding carboxylic acids is 1. The van der Waals surface area contributed by atoms with E-state index in [1.807, 2.05) is 41.0 Å². The first-order chi connectivity index (χ1) is 15.6. The number of rotatable bonds is 4. The molecular formula is C23H24N6O3. The van der Waals surface area contributed by atoms with Gasteiger partial charge < -0.3 is 19.7 Å². The van der Waals surface area contributed by atoms with Crippen LogP contribution in [0, 0.1) is 0 Å². The first-order valence-electron chi connectivity index (χ1n) is 11.2. The molecule has 2 amide bonds. The molecular weight excluding hydrogens is 408 g/mol. The van der Waals surface area contributed by atoms with Crippen molar-refractivity contribution in [1.29, 1.82) is 0 Å². The van der Waals surface area contributed by atoms with Crippen molar-refractivity contribution in [3.8, 4) is 5.75 Å². The summed E-state index contributed by atoms with van der Waals surface area (Å²) in [5.41, 5.74) is 4.07. The van der Waals surface area contributed by atoms with Gasteiger partial charge in [0.15, 0.2) is 0 Å². The molecule has 9 heteroatoms. The van der Waals surface area contributed by atoms with E-state index in [0.717, 1.165) is 60.3 Å². The molecule has 1 N–H and O–H groups in total. The van der Waals surface area contributed by atoms with Gasteiger partial charge in [0.1, 0.15) is 17.5 Å². The van der Waals surface area contributed by atoms with Crippen LogP contribution < -0.4 is 10.1 Å². The van der Waals surface area contributed by atoms with Crippen LogP contribution in [0.4, 0.5) is 4.79 Å². The number of urea groups is 1. The van der Waals surface area contributed by atoms with Crippen molar-refractivity contribution in [1.82, 2.24) is 30.2 Å². The highest BCUT2D eigenvalue weighted by atomic mass is 16.5.